The van der Waals surface area contributed by atoms with Crippen LogP contribution in [0, 0.1) is 6.92 Å². The van der Waals surface area contributed by atoms with E-state index in [9.17, 15) is 4.79 Å². The maximum Gasteiger partial charge on any atom is 0.225 e. The minimum absolute atomic E-state index is 0.0217. The number of halogens is 1. The molecule has 3 N–H and O–H groups in total. The number of rotatable bonds is 4. The quantitative estimate of drug-likeness (QED) is 0.651. The van der Waals surface area contributed by atoms with E-state index in [1.165, 1.54) is 0 Å². The predicted molar refractivity (Wildman–Crippen MR) is 89.2 cm³/mol. The van der Waals surface area contributed by atoms with Crippen molar-refractivity contribution in [1.82, 2.24) is 4.98 Å². The molecule has 0 fully saturated rings. The zero-order valence-corrected chi connectivity index (χ0v) is 13.6. The van der Waals surface area contributed by atoms with Crippen molar-refractivity contribution in [2.75, 3.05) is 11.1 Å². The summed E-state index contributed by atoms with van der Waals surface area (Å²) in [6, 6.07) is 11.3. The highest BCUT2D eigenvalue weighted by Crippen LogP contribution is 2.22. The Balaban J connectivity index is 1.99. The van der Waals surface area contributed by atoms with E-state index in [1.807, 2.05) is 50.2 Å². The number of nitrogens with zero attached hydrogens (tertiary/aromatic N) is 1. The molecule has 110 valence electrons. The number of nitrogens with two attached hydrogens (primary N) is 1. The van der Waals surface area contributed by atoms with Crippen molar-refractivity contribution < 1.29 is 4.79 Å². The molecule has 1 aromatic carbocycles. The first-order valence-corrected chi connectivity index (χ1v) is 7.53. The highest BCUT2D eigenvalue weighted by atomic mass is 79.9. The molecular formula is C16H18BrN3O. The molecular weight excluding hydrogens is 330 g/mol. The minimum atomic E-state index is -0.0217. The number of nitrogens with one attached hydrogen (secondary N) is 1. The lowest BCUT2D eigenvalue weighted by molar-refractivity contribution is -0.116. The topological polar surface area (TPSA) is 68.0 Å². The van der Waals surface area contributed by atoms with E-state index in [0.29, 0.717) is 6.42 Å². The van der Waals surface area contributed by atoms with Gasteiger partial charge in [0.15, 0.2) is 0 Å². The third-order valence-electron chi connectivity index (χ3n) is 3.32. The van der Waals surface area contributed by atoms with Crippen molar-refractivity contribution in [1.29, 1.82) is 0 Å². The Hall–Kier alpha value is -1.88. The molecule has 1 atom stereocenters. The number of nitrogen functional groups attached to an aromatic ring is 1. The first-order chi connectivity index (χ1) is 9.95. The van der Waals surface area contributed by atoms with E-state index in [1.54, 1.807) is 0 Å². The lowest BCUT2D eigenvalue weighted by Gasteiger charge is -2.13. The molecule has 0 aliphatic heterocycles. The number of pyridine rings is 1. The highest BCUT2D eigenvalue weighted by Gasteiger charge is 2.12. The van der Waals surface area contributed by atoms with Gasteiger partial charge in [-0.1, -0.05) is 19.1 Å². The molecule has 1 unspecified atom stereocenters. The van der Waals surface area contributed by atoms with E-state index in [-0.39, 0.29) is 11.8 Å². The van der Waals surface area contributed by atoms with Crippen LogP contribution in [0.4, 0.5) is 11.4 Å². The predicted octanol–water partition coefficient (Wildman–Crippen LogP) is 3.87. The third kappa shape index (κ3) is 4.29. The van der Waals surface area contributed by atoms with E-state index >= 15 is 0 Å². The van der Waals surface area contributed by atoms with Crippen LogP contribution in [0.15, 0.2) is 41.0 Å². The fourth-order valence-corrected chi connectivity index (χ4v) is 2.48. The number of anilines is 2. The summed E-state index contributed by atoms with van der Waals surface area (Å²) in [7, 11) is 0. The van der Waals surface area contributed by atoms with Crippen molar-refractivity contribution >= 4 is 33.2 Å². The number of carbonyl (C=O) groups excluding carboxylic acids is 1. The van der Waals surface area contributed by atoms with Gasteiger partial charge in [-0.3, -0.25) is 4.79 Å². The maximum atomic E-state index is 12.1. The summed E-state index contributed by atoms with van der Waals surface area (Å²) in [5.41, 5.74) is 9.03. The van der Waals surface area contributed by atoms with Gasteiger partial charge < -0.3 is 11.1 Å². The van der Waals surface area contributed by atoms with Gasteiger partial charge >= 0.3 is 0 Å². The summed E-state index contributed by atoms with van der Waals surface area (Å²) in [4.78, 5) is 16.4. The molecule has 0 radical (unpaired) electrons. The molecule has 0 spiro atoms. The van der Waals surface area contributed by atoms with Crippen LogP contribution in [0.1, 0.15) is 30.5 Å². The largest absolute Gasteiger partial charge is 0.399 e. The van der Waals surface area contributed by atoms with Crippen molar-refractivity contribution in [3.05, 3.63) is 52.3 Å². The van der Waals surface area contributed by atoms with Crippen LogP contribution in [0.5, 0.6) is 0 Å². The van der Waals surface area contributed by atoms with Gasteiger partial charge in [-0.2, -0.15) is 0 Å². The highest BCUT2D eigenvalue weighted by molar-refractivity contribution is 9.10. The SMILES string of the molecule is Cc1nc(Br)ccc1NC(=O)CC(C)c1ccc(N)cc1. The van der Waals surface area contributed by atoms with Gasteiger partial charge in [0.1, 0.15) is 4.60 Å². The average Bonchev–Trinajstić information content (AvgIpc) is 2.42. The number of aryl methyl sites for hydroxylation is 1. The summed E-state index contributed by atoms with van der Waals surface area (Å²) < 4.78 is 0.758. The number of hydrogen-bond donors (Lipinski definition) is 2. The van der Waals surface area contributed by atoms with Gasteiger partial charge in [0.05, 0.1) is 11.4 Å². The van der Waals surface area contributed by atoms with Crippen molar-refractivity contribution in [3.63, 3.8) is 0 Å². The Labute approximate surface area is 132 Å². The summed E-state index contributed by atoms with van der Waals surface area (Å²) in [5, 5.41) is 2.90. The zero-order valence-electron chi connectivity index (χ0n) is 12.1. The van der Waals surface area contributed by atoms with E-state index < -0.39 is 0 Å². The second-order valence-electron chi connectivity index (χ2n) is 5.09. The van der Waals surface area contributed by atoms with Gasteiger partial charge in [0.2, 0.25) is 5.91 Å². The van der Waals surface area contributed by atoms with Crippen molar-refractivity contribution in [2.45, 2.75) is 26.2 Å². The van der Waals surface area contributed by atoms with Crippen molar-refractivity contribution in [3.8, 4) is 0 Å². The molecule has 0 saturated heterocycles. The molecule has 1 heterocycles. The standard InChI is InChI=1S/C16H18BrN3O/c1-10(12-3-5-13(18)6-4-12)9-16(21)20-14-7-8-15(17)19-11(14)2/h3-8,10H,9,18H2,1-2H3,(H,20,21). The maximum absolute atomic E-state index is 12.1. The third-order valence-corrected chi connectivity index (χ3v) is 3.76. The Morgan fingerprint density at radius 2 is 1.95 bits per heavy atom. The van der Waals surface area contributed by atoms with E-state index in [4.69, 9.17) is 5.73 Å². The van der Waals surface area contributed by atoms with Gasteiger partial charge in [-0.15, -0.1) is 0 Å². The first-order valence-electron chi connectivity index (χ1n) is 6.74. The van der Waals surface area contributed by atoms with Crippen LogP contribution in [-0.4, -0.2) is 10.9 Å². The Bertz CT molecular complexity index is 640. The number of benzene rings is 1. The normalized spacial score (nSPS) is 12.0. The smallest absolute Gasteiger partial charge is 0.225 e. The molecule has 2 aromatic rings. The average molecular weight is 348 g/mol. The fourth-order valence-electron chi connectivity index (χ4n) is 2.08. The van der Waals surface area contributed by atoms with Crippen LogP contribution in [-0.2, 0) is 4.79 Å². The number of hydrogen-bond acceptors (Lipinski definition) is 3. The summed E-state index contributed by atoms with van der Waals surface area (Å²) in [5.74, 6) is 0.112. The Morgan fingerprint density at radius 3 is 2.57 bits per heavy atom. The van der Waals surface area contributed by atoms with E-state index in [0.717, 1.165) is 27.2 Å². The molecule has 1 amide bonds. The summed E-state index contributed by atoms with van der Waals surface area (Å²) in [6.07, 6.45) is 0.416. The Morgan fingerprint density at radius 1 is 1.29 bits per heavy atom. The summed E-state index contributed by atoms with van der Waals surface area (Å²) >= 11 is 3.31. The number of amides is 1. The van der Waals surface area contributed by atoms with E-state index in [2.05, 4.69) is 26.2 Å². The molecule has 0 bridgehead atoms. The first kappa shape index (κ1) is 15.5. The molecule has 0 saturated carbocycles. The Kier molecular flexibility index (Phi) is 4.96. The molecule has 0 aliphatic rings. The molecule has 2 rings (SSSR count). The second kappa shape index (κ2) is 6.72. The van der Waals surface area contributed by atoms with Gasteiger partial charge in [0.25, 0.3) is 0 Å². The second-order valence-corrected chi connectivity index (χ2v) is 5.90. The van der Waals surface area contributed by atoms with Gasteiger partial charge in [-0.05, 0) is 58.6 Å². The molecule has 0 aliphatic carbocycles. The lowest BCUT2D eigenvalue weighted by Crippen LogP contribution is -2.15. The van der Waals surface area contributed by atoms with Crippen LogP contribution >= 0.6 is 15.9 Å². The zero-order chi connectivity index (χ0) is 15.4. The van der Waals surface area contributed by atoms with Crippen LogP contribution in [0.3, 0.4) is 0 Å². The van der Waals surface area contributed by atoms with Gasteiger partial charge in [0, 0.05) is 12.1 Å². The molecule has 4 nitrogen and oxygen atoms in total. The molecule has 1 aromatic heterocycles. The molecule has 21 heavy (non-hydrogen) atoms. The van der Waals surface area contributed by atoms with Crippen LogP contribution in [0.2, 0.25) is 0 Å². The van der Waals surface area contributed by atoms with Crippen molar-refractivity contribution in [2.24, 2.45) is 0 Å². The minimum Gasteiger partial charge on any atom is -0.399 e. The monoisotopic (exact) mass is 347 g/mol. The number of carbonyl (C=O) groups is 1. The van der Waals surface area contributed by atoms with Crippen LogP contribution in [0.25, 0.3) is 0 Å². The van der Waals surface area contributed by atoms with Crippen LogP contribution < -0.4 is 11.1 Å². The number of aromatic nitrogens is 1. The fraction of sp³-hybridized carbons (Fsp3) is 0.250. The molecule has 5 heteroatoms. The summed E-state index contributed by atoms with van der Waals surface area (Å²) in [6.45, 7) is 3.89. The van der Waals surface area contributed by atoms with Gasteiger partial charge in [-0.25, -0.2) is 4.98 Å². The lowest BCUT2D eigenvalue weighted by atomic mass is 9.97.